The molecule has 2 rings (SSSR count). The lowest BCUT2D eigenvalue weighted by Gasteiger charge is -2.23. The summed E-state index contributed by atoms with van der Waals surface area (Å²) in [7, 11) is 0. The highest BCUT2D eigenvalue weighted by atomic mass is 16.5. The van der Waals surface area contributed by atoms with Crippen LogP contribution in [0.1, 0.15) is 32.3 Å². The van der Waals surface area contributed by atoms with Gasteiger partial charge in [0.2, 0.25) is 5.91 Å². The summed E-state index contributed by atoms with van der Waals surface area (Å²) in [5.41, 5.74) is 1.02. The van der Waals surface area contributed by atoms with Crippen molar-refractivity contribution in [3.05, 3.63) is 29.8 Å². The summed E-state index contributed by atoms with van der Waals surface area (Å²) in [4.78, 5) is 28.3. The van der Waals surface area contributed by atoms with Gasteiger partial charge in [0.15, 0.2) is 6.61 Å². The molecule has 24 heavy (non-hydrogen) atoms. The number of rotatable bonds is 5. The number of hydrogen-bond acceptors (Lipinski definition) is 3. The minimum absolute atomic E-state index is 0.0172. The van der Waals surface area contributed by atoms with E-state index in [1.165, 1.54) is 0 Å². The van der Waals surface area contributed by atoms with Crippen molar-refractivity contribution in [3.8, 4) is 5.75 Å². The van der Waals surface area contributed by atoms with Crippen molar-refractivity contribution in [2.24, 2.45) is 5.92 Å². The number of para-hydroxylation sites is 1. The van der Waals surface area contributed by atoms with Gasteiger partial charge in [0.05, 0.1) is 0 Å². The van der Waals surface area contributed by atoms with Gasteiger partial charge in [-0.25, -0.2) is 0 Å². The number of amides is 2. The Morgan fingerprint density at radius 1 is 1.04 bits per heavy atom. The molecule has 1 aromatic rings. The van der Waals surface area contributed by atoms with E-state index in [0.717, 1.165) is 24.3 Å². The van der Waals surface area contributed by atoms with Gasteiger partial charge in [-0.2, -0.15) is 0 Å². The number of carbonyl (C=O) groups excluding carboxylic acids is 2. The quantitative estimate of drug-likeness (QED) is 0.832. The van der Waals surface area contributed by atoms with E-state index in [9.17, 15) is 9.59 Å². The summed E-state index contributed by atoms with van der Waals surface area (Å²) in [5, 5.41) is 0. The molecular formula is C19H28N2O3. The highest BCUT2D eigenvalue weighted by Gasteiger charge is 2.22. The van der Waals surface area contributed by atoms with Crippen molar-refractivity contribution in [1.82, 2.24) is 9.80 Å². The van der Waals surface area contributed by atoms with Crippen LogP contribution in [0, 0.1) is 12.8 Å². The molecule has 0 radical (unpaired) electrons. The summed E-state index contributed by atoms with van der Waals surface area (Å²) >= 11 is 0. The fourth-order valence-electron chi connectivity index (χ4n) is 2.84. The molecule has 0 bridgehead atoms. The third-order valence-electron chi connectivity index (χ3n) is 4.23. The molecule has 0 aromatic heterocycles. The SMILES string of the molecule is Cc1ccccc1OCC(=O)N1CCCN(C(=O)CC(C)C)CC1. The van der Waals surface area contributed by atoms with Gasteiger partial charge in [-0.05, 0) is 30.9 Å². The summed E-state index contributed by atoms with van der Waals surface area (Å²) in [5.74, 6) is 1.28. The number of benzene rings is 1. The topological polar surface area (TPSA) is 49.9 Å². The Morgan fingerprint density at radius 2 is 1.67 bits per heavy atom. The van der Waals surface area contributed by atoms with E-state index >= 15 is 0 Å². The van der Waals surface area contributed by atoms with E-state index in [1.807, 2.05) is 36.1 Å². The maximum atomic E-state index is 12.4. The highest BCUT2D eigenvalue weighted by Crippen LogP contribution is 2.16. The number of nitrogens with zero attached hydrogens (tertiary/aromatic N) is 2. The van der Waals surface area contributed by atoms with Crippen molar-refractivity contribution in [2.45, 2.75) is 33.6 Å². The van der Waals surface area contributed by atoms with Gasteiger partial charge in [-0.3, -0.25) is 9.59 Å². The van der Waals surface area contributed by atoms with Gasteiger partial charge in [0.25, 0.3) is 5.91 Å². The summed E-state index contributed by atoms with van der Waals surface area (Å²) in [6.45, 7) is 8.72. The number of carbonyl (C=O) groups is 2. The Bertz CT molecular complexity index is 571. The van der Waals surface area contributed by atoms with Gasteiger partial charge in [-0.1, -0.05) is 32.0 Å². The number of hydrogen-bond donors (Lipinski definition) is 0. The Morgan fingerprint density at radius 3 is 2.29 bits per heavy atom. The van der Waals surface area contributed by atoms with E-state index in [0.29, 0.717) is 32.0 Å². The minimum atomic E-state index is -0.0172. The Balaban J connectivity index is 1.83. The van der Waals surface area contributed by atoms with Crippen LogP contribution in [0.15, 0.2) is 24.3 Å². The van der Waals surface area contributed by atoms with Gasteiger partial charge >= 0.3 is 0 Å². The molecule has 1 aromatic carbocycles. The lowest BCUT2D eigenvalue weighted by Crippen LogP contribution is -2.39. The normalized spacial score (nSPS) is 15.3. The van der Waals surface area contributed by atoms with Gasteiger partial charge in [0, 0.05) is 32.6 Å². The lowest BCUT2D eigenvalue weighted by atomic mass is 10.1. The minimum Gasteiger partial charge on any atom is -0.484 e. The van der Waals surface area contributed by atoms with Crippen LogP contribution >= 0.6 is 0 Å². The van der Waals surface area contributed by atoms with Crippen LogP contribution in [0.5, 0.6) is 5.75 Å². The Hall–Kier alpha value is -2.04. The molecule has 1 fully saturated rings. The van der Waals surface area contributed by atoms with E-state index < -0.39 is 0 Å². The first-order valence-corrected chi connectivity index (χ1v) is 8.71. The molecule has 1 aliphatic heterocycles. The fraction of sp³-hybridized carbons (Fsp3) is 0.579. The fourth-order valence-corrected chi connectivity index (χ4v) is 2.84. The molecule has 0 spiro atoms. The monoisotopic (exact) mass is 332 g/mol. The van der Waals surface area contributed by atoms with Crippen LogP contribution in [-0.4, -0.2) is 54.4 Å². The average molecular weight is 332 g/mol. The molecule has 0 atom stereocenters. The van der Waals surface area contributed by atoms with E-state index in [-0.39, 0.29) is 18.4 Å². The maximum absolute atomic E-state index is 12.4. The summed E-state index contributed by atoms with van der Waals surface area (Å²) in [6, 6.07) is 7.68. The zero-order valence-electron chi connectivity index (χ0n) is 15.0. The standard InChI is InChI=1S/C19H28N2O3/c1-15(2)13-18(22)20-9-6-10-21(12-11-20)19(23)14-24-17-8-5-4-7-16(17)3/h4-5,7-8,15H,6,9-14H2,1-3H3. The molecule has 0 N–H and O–H groups in total. The molecule has 0 saturated carbocycles. The van der Waals surface area contributed by atoms with Gasteiger partial charge in [-0.15, -0.1) is 0 Å². The van der Waals surface area contributed by atoms with Crippen molar-refractivity contribution >= 4 is 11.8 Å². The van der Waals surface area contributed by atoms with Gasteiger partial charge < -0.3 is 14.5 Å². The number of aryl methyl sites for hydroxylation is 1. The largest absolute Gasteiger partial charge is 0.484 e. The molecular weight excluding hydrogens is 304 g/mol. The van der Waals surface area contributed by atoms with Crippen LogP contribution in [0.2, 0.25) is 0 Å². The van der Waals surface area contributed by atoms with Gasteiger partial charge in [0.1, 0.15) is 5.75 Å². The predicted octanol–water partition coefficient (Wildman–Crippen LogP) is 2.48. The third kappa shape index (κ3) is 5.25. The van der Waals surface area contributed by atoms with Crippen LogP contribution in [0.25, 0.3) is 0 Å². The second kappa shape index (κ2) is 8.71. The molecule has 2 amide bonds. The van der Waals surface area contributed by atoms with Crippen LogP contribution < -0.4 is 4.74 Å². The second-order valence-corrected chi connectivity index (χ2v) is 6.77. The molecule has 1 saturated heterocycles. The predicted molar refractivity (Wildman–Crippen MR) is 93.9 cm³/mol. The summed E-state index contributed by atoms with van der Waals surface area (Å²) in [6.07, 6.45) is 1.39. The average Bonchev–Trinajstić information content (AvgIpc) is 2.79. The molecule has 132 valence electrons. The maximum Gasteiger partial charge on any atom is 0.260 e. The number of ether oxygens (including phenoxy) is 1. The zero-order valence-corrected chi connectivity index (χ0v) is 15.0. The van der Waals surface area contributed by atoms with E-state index in [1.54, 1.807) is 4.90 Å². The zero-order chi connectivity index (χ0) is 17.5. The van der Waals surface area contributed by atoms with Crippen molar-refractivity contribution in [3.63, 3.8) is 0 Å². The van der Waals surface area contributed by atoms with E-state index in [2.05, 4.69) is 13.8 Å². The van der Waals surface area contributed by atoms with E-state index in [4.69, 9.17) is 4.74 Å². The molecule has 1 heterocycles. The molecule has 1 aliphatic rings. The third-order valence-corrected chi connectivity index (χ3v) is 4.23. The van der Waals surface area contributed by atoms with Crippen molar-refractivity contribution in [2.75, 3.05) is 32.8 Å². The highest BCUT2D eigenvalue weighted by molar-refractivity contribution is 5.78. The molecule has 0 aliphatic carbocycles. The Labute approximate surface area is 144 Å². The van der Waals surface area contributed by atoms with Crippen molar-refractivity contribution < 1.29 is 14.3 Å². The van der Waals surface area contributed by atoms with Crippen LogP contribution in [0.3, 0.4) is 0 Å². The Kier molecular flexibility index (Phi) is 6.64. The molecule has 0 unspecified atom stereocenters. The molecule has 5 heteroatoms. The molecule has 5 nitrogen and oxygen atoms in total. The lowest BCUT2D eigenvalue weighted by molar-refractivity contribution is -0.135. The van der Waals surface area contributed by atoms with Crippen LogP contribution in [-0.2, 0) is 9.59 Å². The van der Waals surface area contributed by atoms with Crippen LogP contribution in [0.4, 0.5) is 0 Å². The van der Waals surface area contributed by atoms with Crippen molar-refractivity contribution in [1.29, 1.82) is 0 Å². The first-order valence-electron chi connectivity index (χ1n) is 8.71. The summed E-state index contributed by atoms with van der Waals surface area (Å²) < 4.78 is 5.65. The second-order valence-electron chi connectivity index (χ2n) is 6.77. The first kappa shape index (κ1) is 18.3. The smallest absolute Gasteiger partial charge is 0.260 e. The first-order chi connectivity index (χ1) is 11.5.